The van der Waals surface area contributed by atoms with Gasteiger partial charge in [-0.25, -0.2) is 4.79 Å². The van der Waals surface area contributed by atoms with Gasteiger partial charge in [0.05, 0.1) is 23.9 Å². The van der Waals surface area contributed by atoms with E-state index in [1.807, 2.05) is 102 Å². The highest BCUT2D eigenvalue weighted by Crippen LogP contribution is 2.38. The molecule has 0 unspecified atom stereocenters. The van der Waals surface area contributed by atoms with E-state index in [9.17, 15) is 14.4 Å². The molecule has 2 aliphatic heterocycles. The number of nitrogens with zero attached hydrogens (tertiary/aromatic N) is 2. The molecule has 43 heavy (non-hydrogen) atoms. The van der Waals surface area contributed by atoms with Gasteiger partial charge < -0.3 is 20.3 Å². The SMILES string of the molecule is CN1C(=O)N[C@H](c2cccc(Oc3ccccc3)c2)C2=C1CN([C@@H](Cc1ccccc1)C(=O)NCCc1cccs1)C2=O. The molecule has 8 nitrogen and oxygen atoms in total. The van der Waals surface area contributed by atoms with Crippen LogP contribution in [0.1, 0.15) is 22.0 Å². The first-order valence-corrected chi connectivity index (χ1v) is 15.1. The van der Waals surface area contributed by atoms with Gasteiger partial charge in [0.1, 0.15) is 17.5 Å². The molecule has 0 bridgehead atoms. The zero-order valence-electron chi connectivity index (χ0n) is 23.7. The van der Waals surface area contributed by atoms with Crippen LogP contribution in [0.2, 0.25) is 0 Å². The Balaban J connectivity index is 1.27. The molecule has 2 N–H and O–H groups in total. The lowest BCUT2D eigenvalue weighted by Crippen LogP contribution is -2.50. The Labute approximate surface area is 254 Å². The molecule has 4 aromatic rings. The zero-order valence-corrected chi connectivity index (χ0v) is 24.6. The van der Waals surface area contributed by atoms with Gasteiger partial charge in [-0.1, -0.05) is 66.7 Å². The highest BCUT2D eigenvalue weighted by molar-refractivity contribution is 7.09. The van der Waals surface area contributed by atoms with E-state index < -0.39 is 12.1 Å². The minimum absolute atomic E-state index is 0.157. The maximum absolute atomic E-state index is 14.2. The molecule has 3 aromatic carbocycles. The fraction of sp³-hybridized carbons (Fsp3) is 0.206. The van der Waals surface area contributed by atoms with Crippen molar-refractivity contribution in [2.24, 2.45) is 0 Å². The number of hydrogen-bond donors (Lipinski definition) is 2. The lowest BCUT2D eigenvalue weighted by molar-refractivity contribution is -0.136. The van der Waals surface area contributed by atoms with Crippen molar-refractivity contribution in [2.45, 2.75) is 24.9 Å². The number of rotatable bonds is 10. The number of benzene rings is 3. The Kier molecular flexibility index (Phi) is 8.24. The standard InChI is InChI=1S/C34H32N4O4S/c1-37-29-22-38(28(20-23-10-4-2-5-11-23)32(39)35-18-17-27-16-9-19-43-27)33(40)30(29)31(36-34(37)41)24-12-8-15-26(21-24)42-25-13-6-3-7-14-25/h2-16,19,21,28,31H,17-18,20,22H2,1H3,(H,35,39)(H,36,41)/t28-,31+/m0/s1. The van der Waals surface area contributed by atoms with Crippen LogP contribution >= 0.6 is 11.3 Å². The van der Waals surface area contributed by atoms with Gasteiger partial charge in [0.15, 0.2) is 0 Å². The smallest absolute Gasteiger partial charge is 0.322 e. The Hall–Kier alpha value is -4.89. The quantitative estimate of drug-likeness (QED) is 0.261. The predicted octanol–water partition coefficient (Wildman–Crippen LogP) is 5.30. The summed E-state index contributed by atoms with van der Waals surface area (Å²) in [6.45, 7) is 0.626. The molecule has 0 saturated carbocycles. The summed E-state index contributed by atoms with van der Waals surface area (Å²) in [5.74, 6) is 0.790. The minimum atomic E-state index is -0.749. The molecule has 218 valence electrons. The summed E-state index contributed by atoms with van der Waals surface area (Å²) in [7, 11) is 1.65. The number of ether oxygens (including phenoxy) is 1. The number of carbonyl (C=O) groups is 3. The summed E-state index contributed by atoms with van der Waals surface area (Å²) in [4.78, 5) is 45.3. The van der Waals surface area contributed by atoms with E-state index in [2.05, 4.69) is 10.6 Å². The van der Waals surface area contributed by atoms with E-state index >= 15 is 0 Å². The number of hydrogen-bond acceptors (Lipinski definition) is 5. The molecular formula is C34H32N4O4S. The number of carbonyl (C=O) groups excluding carboxylic acids is 3. The first-order chi connectivity index (χ1) is 21.0. The topological polar surface area (TPSA) is 91.0 Å². The molecule has 0 spiro atoms. The number of nitrogens with one attached hydrogen (secondary N) is 2. The van der Waals surface area contributed by atoms with Gasteiger partial charge in [-0.2, -0.15) is 0 Å². The van der Waals surface area contributed by atoms with E-state index in [4.69, 9.17) is 4.74 Å². The van der Waals surface area contributed by atoms with Crippen LogP contribution in [0.15, 0.2) is 114 Å². The van der Waals surface area contributed by atoms with Crippen LogP contribution < -0.4 is 15.4 Å². The zero-order chi connectivity index (χ0) is 29.8. The molecule has 4 amide bonds. The molecule has 2 atom stereocenters. The van der Waals surface area contributed by atoms with Gasteiger partial charge in [0.25, 0.3) is 5.91 Å². The van der Waals surface area contributed by atoms with Gasteiger partial charge in [0, 0.05) is 24.9 Å². The number of thiophene rings is 1. The molecule has 3 heterocycles. The second kappa shape index (κ2) is 12.5. The Morgan fingerprint density at radius 2 is 1.72 bits per heavy atom. The summed E-state index contributed by atoms with van der Waals surface area (Å²) in [6.07, 6.45) is 1.07. The Bertz CT molecular complexity index is 1640. The van der Waals surface area contributed by atoms with Crippen molar-refractivity contribution in [2.75, 3.05) is 20.1 Å². The fourth-order valence-electron chi connectivity index (χ4n) is 5.54. The second-order valence-corrected chi connectivity index (χ2v) is 11.6. The van der Waals surface area contributed by atoms with E-state index in [0.717, 1.165) is 17.5 Å². The number of likely N-dealkylation sites (N-methyl/N-ethyl adjacent to an activating group) is 1. The van der Waals surface area contributed by atoms with Crippen LogP contribution in [0, 0.1) is 0 Å². The van der Waals surface area contributed by atoms with Crippen molar-refractivity contribution in [3.05, 3.63) is 130 Å². The molecule has 0 aliphatic carbocycles. The van der Waals surface area contributed by atoms with Crippen molar-refractivity contribution in [1.82, 2.24) is 20.4 Å². The van der Waals surface area contributed by atoms with Crippen LogP contribution in [0.5, 0.6) is 11.5 Å². The summed E-state index contributed by atoms with van der Waals surface area (Å²) in [5, 5.41) is 8.06. The van der Waals surface area contributed by atoms with Crippen LogP contribution in [0.4, 0.5) is 4.79 Å². The van der Waals surface area contributed by atoms with Gasteiger partial charge in [-0.3, -0.25) is 14.5 Å². The van der Waals surface area contributed by atoms with Crippen LogP contribution in [-0.2, 0) is 22.4 Å². The monoisotopic (exact) mass is 592 g/mol. The minimum Gasteiger partial charge on any atom is -0.457 e. The number of amides is 4. The Morgan fingerprint density at radius 1 is 0.977 bits per heavy atom. The predicted molar refractivity (Wildman–Crippen MR) is 166 cm³/mol. The lowest BCUT2D eigenvalue weighted by atomic mass is 9.95. The van der Waals surface area contributed by atoms with Crippen LogP contribution in [0.3, 0.4) is 0 Å². The second-order valence-electron chi connectivity index (χ2n) is 10.5. The van der Waals surface area contributed by atoms with Gasteiger partial charge in [-0.05, 0) is 53.3 Å². The van der Waals surface area contributed by atoms with Crippen molar-refractivity contribution in [3.63, 3.8) is 0 Å². The summed E-state index contributed by atoms with van der Waals surface area (Å²) in [6, 6.07) is 28.8. The lowest BCUT2D eigenvalue weighted by Gasteiger charge is -2.31. The van der Waals surface area contributed by atoms with E-state index in [-0.39, 0.29) is 24.4 Å². The highest BCUT2D eigenvalue weighted by Gasteiger charge is 2.46. The average Bonchev–Trinajstić information content (AvgIpc) is 3.67. The highest BCUT2D eigenvalue weighted by atomic mass is 32.1. The van der Waals surface area contributed by atoms with Crippen molar-refractivity contribution >= 4 is 29.2 Å². The first kappa shape index (κ1) is 28.2. The third-order valence-corrected chi connectivity index (χ3v) is 8.70. The maximum Gasteiger partial charge on any atom is 0.322 e. The van der Waals surface area contributed by atoms with E-state index in [1.54, 1.807) is 23.3 Å². The van der Waals surface area contributed by atoms with E-state index in [0.29, 0.717) is 35.7 Å². The largest absolute Gasteiger partial charge is 0.457 e. The molecule has 6 rings (SSSR count). The summed E-state index contributed by atoms with van der Waals surface area (Å²) >= 11 is 1.65. The maximum atomic E-state index is 14.2. The third kappa shape index (κ3) is 6.17. The Morgan fingerprint density at radius 3 is 2.47 bits per heavy atom. The number of urea groups is 1. The average molecular weight is 593 g/mol. The first-order valence-electron chi connectivity index (χ1n) is 14.2. The van der Waals surface area contributed by atoms with Crippen LogP contribution in [-0.4, -0.2) is 53.8 Å². The van der Waals surface area contributed by atoms with E-state index in [1.165, 1.54) is 9.78 Å². The van der Waals surface area contributed by atoms with Gasteiger partial charge >= 0.3 is 6.03 Å². The molecular weight excluding hydrogens is 560 g/mol. The summed E-state index contributed by atoms with van der Waals surface area (Å²) in [5.41, 5.74) is 2.72. The van der Waals surface area contributed by atoms with Crippen LogP contribution in [0.25, 0.3) is 0 Å². The molecule has 0 saturated heterocycles. The van der Waals surface area contributed by atoms with Crippen molar-refractivity contribution < 1.29 is 19.1 Å². The van der Waals surface area contributed by atoms with Gasteiger partial charge in [-0.15, -0.1) is 11.3 Å². The van der Waals surface area contributed by atoms with Crippen molar-refractivity contribution in [3.8, 4) is 11.5 Å². The normalized spacial score (nSPS) is 17.0. The molecule has 9 heteroatoms. The molecule has 2 aliphatic rings. The molecule has 1 aromatic heterocycles. The molecule has 0 radical (unpaired) electrons. The van der Waals surface area contributed by atoms with Gasteiger partial charge in [0.2, 0.25) is 5.91 Å². The number of para-hydroxylation sites is 1. The fourth-order valence-corrected chi connectivity index (χ4v) is 6.24. The molecule has 0 fully saturated rings. The van der Waals surface area contributed by atoms with Crippen molar-refractivity contribution in [1.29, 1.82) is 0 Å². The summed E-state index contributed by atoms with van der Waals surface area (Å²) < 4.78 is 6.03. The third-order valence-electron chi connectivity index (χ3n) is 7.76.